The van der Waals surface area contributed by atoms with Gasteiger partial charge in [0, 0.05) is 20.1 Å². The molecule has 136 valence electrons. The molecule has 0 aromatic carbocycles. The first-order valence-corrected chi connectivity index (χ1v) is 7.67. The first-order chi connectivity index (χ1) is 11.4. The van der Waals surface area contributed by atoms with Crippen LogP contribution < -0.4 is 0 Å². The summed E-state index contributed by atoms with van der Waals surface area (Å²) in [6.07, 6.45) is 0.710. The Kier molecular flexibility index (Phi) is 7.87. The van der Waals surface area contributed by atoms with Gasteiger partial charge in [-0.2, -0.15) is 0 Å². The van der Waals surface area contributed by atoms with Crippen molar-refractivity contribution in [2.24, 2.45) is 0 Å². The van der Waals surface area contributed by atoms with Gasteiger partial charge < -0.3 is 28.4 Å². The van der Waals surface area contributed by atoms with E-state index in [-0.39, 0.29) is 19.8 Å². The van der Waals surface area contributed by atoms with Crippen LogP contribution in [0.1, 0.15) is 20.8 Å². The Morgan fingerprint density at radius 1 is 1.25 bits per heavy atom. The Hall–Kier alpha value is -1.43. The molecule has 4 atom stereocenters. The Bertz CT molecular complexity index is 495. The minimum absolute atomic E-state index is 0.0633. The molecule has 0 spiro atoms. The van der Waals surface area contributed by atoms with Crippen molar-refractivity contribution < 1.29 is 33.2 Å². The summed E-state index contributed by atoms with van der Waals surface area (Å²) in [6, 6.07) is 0. The summed E-state index contributed by atoms with van der Waals surface area (Å²) in [6.45, 7) is 9.46. The zero-order valence-corrected chi connectivity index (χ0v) is 14.9. The molecule has 0 aromatic rings. The van der Waals surface area contributed by atoms with E-state index in [1.165, 1.54) is 14.2 Å². The first kappa shape index (κ1) is 20.6. The maximum atomic E-state index is 11.1. The van der Waals surface area contributed by atoms with Gasteiger partial charge in [-0.3, -0.25) is 0 Å². The van der Waals surface area contributed by atoms with Crippen LogP contribution in [0.25, 0.3) is 0 Å². The lowest BCUT2D eigenvalue weighted by molar-refractivity contribution is -0.444. The molecule has 1 saturated heterocycles. The normalized spacial score (nSPS) is 32.5. The smallest absolute Gasteiger partial charge is 0.384 e. The Labute approximate surface area is 143 Å². The largest absolute Gasteiger partial charge is 0.456 e. The van der Waals surface area contributed by atoms with Crippen LogP contribution in [0.4, 0.5) is 0 Å². The van der Waals surface area contributed by atoms with Gasteiger partial charge in [0.15, 0.2) is 0 Å². The van der Waals surface area contributed by atoms with E-state index < -0.39 is 29.8 Å². The zero-order chi connectivity index (χ0) is 18.2. The lowest BCUT2D eigenvalue weighted by Crippen LogP contribution is -2.65. The Morgan fingerprint density at radius 2 is 1.88 bits per heavy atom. The highest BCUT2D eigenvalue weighted by atomic mass is 16.8. The van der Waals surface area contributed by atoms with Crippen LogP contribution >= 0.6 is 0 Å². The molecular formula is C17H26O7. The fourth-order valence-electron chi connectivity index (χ4n) is 2.20. The van der Waals surface area contributed by atoms with E-state index >= 15 is 0 Å². The molecule has 0 saturated carbocycles. The first-order valence-electron chi connectivity index (χ1n) is 7.67. The van der Waals surface area contributed by atoms with Crippen LogP contribution in [0.5, 0.6) is 0 Å². The van der Waals surface area contributed by atoms with Crippen molar-refractivity contribution in [1.82, 2.24) is 0 Å². The van der Waals surface area contributed by atoms with Gasteiger partial charge in [-0.1, -0.05) is 12.0 Å². The molecule has 1 aliphatic heterocycles. The van der Waals surface area contributed by atoms with Gasteiger partial charge >= 0.3 is 5.97 Å². The predicted molar refractivity (Wildman–Crippen MR) is 86.0 cm³/mol. The van der Waals surface area contributed by atoms with Gasteiger partial charge in [0.05, 0.1) is 13.2 Å². The Morgan fingerprint density at radius 3 is 2.42 bits per heavy atom. The highest BCUT2D eigenvalue weighted by Crippen LogP contribution is 2.39. The molecule has 1 aliphatic rings. The second-order valence-electron chi connectivity index (χ2n) is 5.31. The average molecular weight is 342 g/mol. The van der Waals surface area contributed by atoms with Gasteiger partial charge in [-0.15, -0.1) is 6.58 Å². The number of hydrogen-bond donors (Lipinski definition) is 0. The third-order valence-corrected chi connectivity index (χ3v) is 3.86. The highest BCUT2D eigenvalue weighted by Gasteiger charge is 2.56. The SMILES string of the molecule is C=CC1O[C@@](C)(OC)[C@](C)(OC)O[C@H]1COCC#CC(=O)OCC. The van der Waals surface area contributed by atoms with E-state index in [0.717, 1.165) is 0 Å². The monoisotopic (exact) mass is 342 g/mol. The molecule has 24 heavy (non-hydrogen) atoms. The lowest BCUT2D eigenvalue weighted by atomic mass is 10.0. The van der Waals surface area contributed by atoms with Crippen LogP contribution in [0.2, 0.25) is 0 Å². The topological polar surface area (TPSA) is 72.5 Å². The minimum Gasteiger partial charge on any atom is -0.456 e. The van der Waals surface area contributed by atoms with Crippen molar-refractivity contribution in [1.29, 1.82) is 0 Å². The number of methoxy groups -OCH3 is 2. The molecule has 1 unspecified atom stereocenters. The number of hydrogen-bond acceptors (Lipinski definition) is 7. The average Bonchev–Trinajstić information content (AvgIpc) is 2.57. The summed E-state index contributed by atoms with van der Waals surface area (Å²) < 4.78 is 32.9. The van der Waals surface area contributed by atoms with Crippen LogP contribution in [0.15, 0.2) is 12.7 Å². The van der Waals surface area contributed by atoms with Crippen molar-refractivity contribution in [2.45, 2.75) is 44.6 Å². The van der Waals surface area contributed by atoms with E-state index in [2.05, 4.69) is 18.4 Å². The minimum atomic E-state index is -1.12. The lowest BCUT2D eigenvalue weighted by Gasteiger charge is -2.51. The van der Waals surface area contributed by atoms with Gasteiger partial charge in [-0.25, -0.2) is 4.79 Å². The van der Waals surface area contributed by atoms with Crippen LogP contribution in [0, 0.1) is 11.8 Å². The van der Waals surface area contributed by atoms with Crippen molar-refractivity contribution in [3.8, 4) is 11.8 Å². The summed E-state index contributed by atoms with van der Waals surface area (Å²) in [5.41, 5.74) is 0. The second-order valence-corrected chi connectivity index (χ2v) is 5.31. The standard InChI is InChI=1S/C17H26O7/c1-7-13-14(12-21-11-9-10-15(18)22-8-2)24-17(4,20-6)16(3,19-5)23-13/h7,13-14H,1,8,11-12H2,2-6H3/t13?,14-,16+,17+/m0/s1. The summed E-state index contributed by atoms with van der Waals surface area (Å²) in [4.78, 5) is 11.1. The number of rotatable bonds is 7. The van der Waals surface area contributed by atoms with E-state index in [9.17, 15) is 4.79 Å². The van der Waals surface area contributed by atoms with E-state index in [1.807, 2.05) is 0 Å². The maximum absolute atomic E-state index is 11.1. The third kappa shape index (κ3) is 4.79. The molecule has 0 aromatic heterocycles. The van der Waals surface area contributed by atoms with Crippen LogP contribution in [0.3, 0.4) is 0 Å². The fourth-order valence-corrected chi connectivity index (χ4v) is 2.20. The molecule has 1 rings (SSSR count). The van der Waals surface area contributed by atoms with E-state index in [4.69, 9.17) is 28.4 Å². The third-order valence-electron chi connectivity index (χ3n) is 3.86. The fraction of sp³-hybridized carbons (Fsp3) is 0.706. The highest BCUT2D eigenvalue weighted by molar-refractivity contribution is 5.88. The van der Waals surface area contributed by atoms with E-state index in [1.54, 1.807) is 26.8 Å². The van der Waals surface area contributed by atoms with Gasteiger partial charge in [0.1, 0.15) is 18.8 Å². The molecular weight excluding hydrogens is 316 g/mol. The molecule has 0 N–H and O–H groups in total. The number of esters is 1. The number of carbonyl (C=O) groups excluding carboxylic acids is 1. The Balaban J connectivity index is 2.64. The summed E-state index contributed by atoms with van der Waals surface area (Å²) in [5.74, 6) is 2.11. The van der Waals surface area contributed by atoms with Crippen molar-refractivity contribution >= 4 is 5.97 Å². The summed E-state index contributed by atoms with van der Waals surface area (Å²) in [5, 5.41) is 0. The van der Waals surface area contributed by atoms with E-state index in [0.29, 0.717) is 0 Å². The maximum Gasteiger partial charge on any atom is 0.384 e. The number of ether oxygens (including phenoxy) is 6. The quantitative estimate of drug-likeness (QED) is 0.227. The summed E-state index contributed by atoms with van der Waals surface area (Å²) in [7, 11) is 3.03. The van der Waals surface area contributed by atoms with Gasteiger partial charge in [0.2, 0.25) is 11.6 Å². The van der Waals surface area contributed by atoms with Gasteiger partial charge in [0.25, 0.3) is 0 Å². The second kappa shape index (κ2) is 9.16. The summed E-state index contributed by atoms with van der Waals surface area (Å²) >= 11 is 0. The predicted octanol–water partition coefficient (Wildman–Crippen LogP) is 1.26. The molecule has 0 aliphatic carbocycles. The molecule has 7 nitrogen and oxygen atoms in total. The molecule has 0 bridgehead atoms. The van der Waals surface area contributed by atoms with Crippen LogP contribution in [-0.2, 0) is 33.2 Å². The molecule has 1 fully saturated rings. The molecule has 7 heteroatoms. The van der Waals surface area contributed by atoms with Gasteiger partial charge in [-0.05, 0) is 20.8 Å². The van der Waals surface area contributed by atoms with Crippen LogP contribution in [-0.4, -0.2) is 63.8 Å². The number of carbonyl (C=O) groups is 1. The van der Waals surface area contributed by atoms with Crippen molar-refractivity contribution in [2.75, 3.05) is 34.0 Å². The van der Waals surface area contributed by atoms with Crippen molar-refractivity contribution in [3.05, 3.63) is 12.7 Å². The zero-order valence-electron chi connectivity index (χ0n) is 14.9. The molecule has 0 amide bonds. The van der Waals surface area contributed by atoms with Crippen molar-refractivity contribution in [3.63, 3.8) is 0 Å². The molecule has 1 heterocycles. The molecule has 0 radical (unpaired) electrons.